The third-order valence-corrected chi connectivity index (χ3v) is 2.64. The van der Waals surface area contributed by atoms with E-state index in [0.717, 1.165) is 6.07 Å². The summed E-state index contributed by atoms with van der Waals surface area (Å²) in [7, 11) is 0. The van der Waals surface area contributed by atoms with Gasteiger partial charge in [0.2, 0.25) is 5.88 Å². The summed E-state index contributed by atoms with van der Waals surface area (Å²) in [6.07, 6.45) is 0. The van der Waals surface area contributed by atoms with Crippen LogP contribution in [0.1, 0.15) is 0 Å². The van der Waals surface area contributed by atoms with Crippen molar-refractivity contribution in [3.05, 3.63) is 50.5 Å². The standard InChI is InChI=1S/C11H8Cl2N4O3/c12-6-1-7(13)3-9(2-6)20-11-5-8(17(18)19)4-10(15-11)16-14/h1-5H,14H2,(H,15,16). The van der Waals surface area contributed by atoms with E-state index in [2.05, 4.69) is 10.4 Å². The third kappa shape index (κ3) is 3.47. The van der Waals surface area contributed by atoms with E-state index in [4.69, 9.17) is 33.8 Å². The number of benzene rings is 1. The fraction of sp³-hybridized carbons (Fsp3) is 0. The number of pyridine rings is 1. The van der Waals surface area contributed by atoms with Crippen LogP contribution in [0.25, 0.3) is 0 Å². The number of nitrogens with one attached hydrogen (secondary N) is 1. The number of nitrogens with two attached hydrogens (primary N) is 1. The van der Waals surface area contributed by atoms with E-state index in [1.54, 1.807) is 0 Å². The van der Waals surface area contributed by atoms with Crippen molar-refractivity contribution in [2.75, 3.05) is 5.43 Å². The fourth-order valence-corrected chi connectivity index (χ4v) is 1.94. The van der Waals surface area contributed by atoms with Crippen molar-refractivity contribution in [1.82, 2.24) is 4.98 Å². The lowest BCUT2D eigenvalue weighted by molar-refractivity contribution is -0.384. The highest BCUT2D eigenvalue weighted by Crippen LogP contribution is 2.30. The summed E-state index contributed by atoms with van der Waals surface area (Å²) in [5.74, 6) is 5.59. The Morgan fingerprint density at radius 3 is 2.40 bits per heavy atom. The van der Waals surface area contributed by atoms with Crippen molar-refractivity contribution < 1.29 is 9.66 Å². The summed E-state index contributed by atoms with van der Waals surface area (Å²) >= 11 is 11.7. The predicted octanol–water partition coefficient (Wildman–Crippen LogP) is 3.37. The molecule has 0 atom stereocenters. The number of nitrogens with zero attached hydrogens (tertiary/aromatic N) is 2. The smallest absolute Gasteiger partial charge is 0.278 e. The zero-order valence-electron chi connectivity index (χ0n) is 9.84. The minimum Gasteiger partial charge on any atom is -0.439 e. The van der Waals surface area contributed by atoms with Gasteiger partial charge in [-0.15, -0.1) is 0 Å². The van der Waals surface area contributed by atoms with Gasteiger partial charge in [0.1, 0.15) is 5.75 Å². The zero-order valence-corrected chi connectivity index (χ0v) is 11.4. The van der Waals surface area contributed by atoms with Crippen LogP contribution in [0.15, 0.2) is 30.3 Å². The molecule has 7 nitrogen and oxygen atoms in total. The summed E-state index contributed by atoms with van der Waals surface area (Å²) in [6.45, 7) is 0. The van der Waals surface area contributed by atoms with Crippen molar-refractivity contribution in [2.24, 2.45) is 5.84 Å². The SMILES string of the molecule is NNc1cc([N+](=O)[O-])cc(Oc2cc(Cl)cc(Cl)c2)n1. The van der Waals surface area contributed by atoms with Gasteiger partial charge in [0.05, 0.1) is 17.1 Å². The molecule has 1 aromatic heterocycles. The first-order valence-electron chi connectivity index (χ1n) is 5.25. The molecule has 0 aliphatic heterocycles. The first-order valence-corrected chi connectivity index (χ1v) is 6.00. The number of anilines is 1. The summed E-state index contributed by atoms with van der Waals surface area (Å²) in [5.41, 5.74) is 2.01. The molecule has 0 spiro atoms. The topological polar surface area (TPSA) is 103 Å². The molecule has 1 aromatic carbocycles. The highest BCUT2D eigenvalue weighted by atomic mass is 35.5. The second-order valence-corrected chi connectivity index (χ2v) is 4.53. The Morgan fingerprint density at radius 2 is 1.85 bits per heavy atom. The molecule has 2 rings (SSSR count). The molecule has 104 valence electrons. The normalized spacial score (nSPS) is 10.2. The molecule has 0 aliphatic carbocycles. The maximum atomic E-state index is 10.8. The summed E-state index contributed by atoms with van der Waals surface area (Å²) in [5, 5.41) is 11.5. The Balaban J connectivity index is 2.37. The molecule has 0 fully saturated rings. The van der Waals surface area contributed by atoms with E-state index in [1.807, 2.05) is 0 Å². The lowest BCUT2D eigenvalue weighted by Crippen LogP contribution is -2.09. The number of hydrogen-bond donors (Lipinski definition) is 2. The van der Waals surface area contributed by atoms with Crippen molar-refractivity contribution >= 4 is 34.7 Å². The molecule has 0 amide bonds. The fourth-order valence-electron chi connectivity index (χ4n) is 1.43. The molecule has 2 aromatic rings. The average molecular weight is 315 g/mol. The van der Waals surface area contributed by atoms with E-state index in [1.165, 1.54) is 24.3 Å². The van der Waals surface area contributed by atoms with Crippen LogP contribution in [0.5, 0.6) is 11.6 Å². The Morgan fingerprint density at radius 1 is 1.20 bits per heavy atom. The van der Waals surface area contributed by atoms with Gasteiger partial charge in [0.25, 0.3) is 5.69 Å². The Kier molecular flexibility index (Phi) is 4.23. The Hall–Kier alpha value is -2.09. The number of hydrazine groups is 1. The quantitative estimate of drug-likeness (QED) is 0.509. The van der Waals surface area contributed by atoms with Crippen LogP contribution in [-0.2, 0) is 0 Å². The molecule has 0 saturated carbocycles. The zero-order chi connectivity index (χ0) is 14.7. The number of ether oxygens (including phenoxy) is 1. The van der Waals surface area contributed by atoms with Gasteiger partial charge in [-0.25, -0.2) is 5.84 Å². The number of nitro groups is 1. The van der Waals surface area contributed by atoms with Crippen LogP contribution in [-0.4, -0.2) is 9.91 Å². The van der Waals surface area contributed by atoms with E-state index in [0.29, 0.717) is 15.8 Å². The van der Waals surface area contributed by atoms with Crippen LogP contribution in [0.2, 0.25) is 10.0 Å². The molecule has 0 unspecified atom stereocenters. The Bertz CT molecular complexity index is 646. The summed E-state index contributed by atoms with van der Waals surface area (Å²) < 4.78 is 5.39. The van der Waals surface area contributed by atoms with Gasteiger partial charge in [-0.3, -0.25) is 10.1 Å². The first kappa shape index (κ1) is 14.3. The Labute approximate surface area is 123 Å². The highest BCUT2D eigenvalue weighted by molar-refractivity contribution is 6.34. The molecule has 3 N–H and O–H groups in total. The summed E-state index contributed by atoms with van der Waals surface area (Å²) in [6, 6.07) is 6.88. The molecule has 1 heterocycles. The highest BCUT2D eigenvalue weighted by Gasteiger charge is 2.12. The van der Waals surface area contributed by atoms with Crippen molar-refractivity contribution in [2.45, 2.75) is 0 Å². The van der Waals surface area contributed by atoms with Gasteiger partial charge in [0.15, 0.2) is 5.82 Å². The lowest BCUT2D eigenvalue weighted by Gasteiger charge is -2.07. The number of hydrogen-bond acceptors (Lipinski definition) is 6. The van der Waals surface area contributed by atoms with E-state index < -0.39 is 4.92 Å². The minimum atomic E-state index is -0.583. The van der Waals surface area contributed by atoms with Crippen LogP contribution in [0.3, 0.4) is 0 Å². The van der Waals surface area contributed by atoms with Crippen molar-refractivity contribution in [1.29, 1.82) is 0 Å². The summed E-state index contributed by atoms with van der Waals surface area (Å²) in [4.78, 5) is 14.2. The van der Waals surface area contributed by atoms with E-state index >= 15 is 0 Å². The molecule has 0 bridgehead atoms. The second kappa shape index (κ2) is 5.91. The van der Waals surface area contributed by atoms with Crippen LogP contribution in [0.4, 0.5) is 11.5 Å². The maximum absolute atomic E-state index is 10.8. The van der Waals surface area contributed by atoms with Gasteiger partial charge in [-0.1, -0.05) is 23.2 Å². The van der Waals surface area contributed by atoms with Crippen molar-refractivity contribution in [3.63, 3.8) is 0 Å². The second-order valence-electron chi connectivity index (χ2n) is 3.66. The first-order chi connectivity index (χ1) is 9.47. The van der Waals surface area contributed by atoms with Crippen LogP contribution in [0, 0.1) is 10.1 Å². The van der Waals surface area contributed by atoms with Crippen molar-refractivity contribution in [3.8, 4) is 11.6 Å². The van der Waals surface area contributed by atoms with Gasteiger partial charge in [0, 0.05) is 10.0 Å². The van der Waals surface area contributed by atoms with Gasteiger partial charge in [-0.05, 0) is 18.2 Å². The number of aromatic nitrogens is 1. The third-order valence-electron chi connectivity index (χ3n) is 2.20. The predicted molar refractivity (Wildman–Crippen MR) is 75.2 cm³/mol. The van der Waals surface area contributed by atoms with Gasteiger partial charge in [-0.2, -0.15) is 4.98 Å². The largest absolute Gasteiger partial charge is 0.439 e. The van der Waals surface area contributed by atoms with Crippen LogP contribution >= 0.6 is 23.2 Å². The molecule has 0 radical (unpaired) electrons. The van der Waals surface area contributed by atoms with E-state index in [-0.39, 0.29) is 17.4 Å². The number of nitrogen functional groups attached to an aromatic ring is 1. The number of rotatable bonds is 4. The molecular formula is C11H8Cl2N4O3. The van der Waals surface area contributed by atoms with Gasteiger partial charge >= 0.3 is 0 Å². The molecule has 0 aliphatic rings. The minimum absolute atomic E-state index is 0.00881. The lowest BCUT2D eigenvalue weighted by atomic mass is 10.3. The van der Waals surface area contributed by atoms with Crippen LogP contribution < -0.4 is 16.0 Å². The maximum Gasteiger partial charge on any atom is 0.278 e. The number of halogens is 2. The molecular weight excluding hydrogens is 307 g/mol. The monoisotopic (exact) mass is 314 g/mol. The van der Waals surface area contributed by atoms with Gasteiger partial charge < -0.3 is 10.2 Å². The molecule has 20 heavy (non-hydrogen) atoms. The molecule has 9 heteroatoms. The van der Waals surface area contributed by atoms with E-state index in [9.17, 15) is 10.1 Å². The molecule has 0 saturated heterocycles. The average Bonchev–Trinajstić information content (AvgIpc) is 2.36.